The Balaban J connectivity index is 2.59. The minimum atomic E-state index is 0.438. The summed E-state index contributed by atoms with van der Waals surface area (Å²) in [5, 5.41) is 2.57. The van der Waals surface area contributed by atoms with Crippen LogP contribution in [0.1, 0.15) is 0 Å². The average Bonchev–Trinajstić information content (AvgIpc) is 2.70. The molecular weight excluding hydrogens is 206 g/mol. The van der Waals surface area contributed by atoms with Gasteiger partial charge in [-0.2, -0.15) is 0 Å². The number of halogens is 1. The number of aromatic nitrogens is 2. The largest absolute Gasteiger partial charge is 0.369 e. The Morgan fingerprint density at radius 2 is 2.38 bits per heavy atom. The molecule has 0 aliphatic heterocycles. The second-order valence-corrected chi connectivity index (χ2v) is 3.95. The van der Waals surface area contributed by atoms with E-state index in [9.17, 15) is 0 Å². The molecule has 0 saturated carbocycles. The maximum absolute atomic E-state index is 6.03. The van der Waals surface area contributed by atoms with Crippen molar-refractivity contribution in [3.63, 3.8) is 0 Å². The van der Waals surface area contributed by atoms with Crippen LogP contribution in [0, 0.1) is 0 Å². The number of thiophene rings is 1. The Labute approximate surface area is 84.8 Å². The fraction of sp³-hybridized carbons (Fsp3) is 0.125. The summed E-state index contributed by atoms with van der Waals surface area (Å²) < 4.78 is 1.66. The van der Waals surface area contributed by atoms with Crippen molar-refractivity contribution < 1.29 is 0 Å². The molecule has 0 radical (unpaired) electrons. The van der Waals surface area contributed by atoms with Gasteiger partial charge in [-0.25, -0.2) is 4.98 Å². The molecule has 2 heterocycles. The molecule has 0 fully saturated rings. The fourth-order valence-electron chi connectivity index (χ4n) is 1.07. The number of anilines is 1. The number of hydrogen-bond acceptors (Lipinski definition) is 3. The van der Waals surface area contributed by atoms with Crippen molar-refractivity contribution in [2.24, 2.45) is 7.05 Å². The Hall–Kier alpha value is -1.00. The van der Waals surface area contributed by atoms with Gasteiger partial charge in [0.25, 0.3) is 0 Å². The summed E-state index contributed by atoms with van der Waals surface area (Å²) in [4.78, 5) is 5.21. The number of nitrogens with two attached hydrogens (primary N) is 1. The minimum Gasteiger partial charge on any atom is -0.369 e. The van der Waals surface area contributed by atoms with Crippen molar-refractivity contribution in [3.05, 3.63) is 22.7 Å². The molecule has 3 nitrogen and oxygen atoms in total. The van der Waals surface area contributed by atoms with E-state index in [4.69, 9.17) is 17.3 Å². The van der Waals surface area contributed by atoms with Crippen LogP contribution in [0.15, 0.2) is 17.5 Å². The molecule has 0 saturated heterocycles. The highest BCUT2D eigenvalue weighted by Gasteiger charge is 2.12. The first-order valence-electron chi connectivity index (χ1n) is 3.71. The summed E-state index contributed by atoms with van der Waals surface area (Å²) in [5.41, 5.74) is 6.38. The topological polar surface area (TPSA) is 43.8 Å². The van der Waals surface area contributed by atoms with E-state index in [2.05, 4.69) is 4.98 Å². The molecule has 5 heteroatoms. The molecule has 0 aliphatic carbocycles. The molecule has 0 amide bonds. The molecule has 2 aromatic heterocycles. The van der Waals surface area contributed by atoms with Gasteiger partial charge in [0, 0.05) is 7.05 Å². The minimum absolute atomic E-state index is 0.438. The molecule has 0 aromatic carbocycles. The van der Waals surface area contributed by atoms with Gasteiger partial charge in [0.1, 0.15) is 10.8 Å². The molecule has 0 unspecified atom stereocenters. The first-order valence-corrected chi connectivity index (χ1v) is 4.97. The molecule has 68 valence electrons. The summed E-state index contributed by atoms with van der Waals surface area (Å²) in [6, 6.07) is 3.93. The van der Waals surface area contributed by atoms with Crippen molar-refractivity contribution in [1.82, 2.24) is 9.55 Å². The predicted octanol–water partition coefficient (Wildman–Crippen LogP) is 2.38. The third kappa shape index (κ3) is 1.32. The van der Waals surface area contributed by atoms with Crippen molar-refractivity contribution in [3.8, 4) is 10.6 Å². The summed E-state index contributed by atoms with van der Waals surface area (Å²) in [6.45, 7) is 0. The number of rotatable bonds is 1. The number of hydrogen-bond donors (Lipinski definition) is 1. The summed E-state index contributed by atoms with van der Waals surface area (Å²) in [6.07, 6.45) is 0. The highest BCUT2D eigenvalue weighted by Crippen LogP contribution is 2.31. The van der Waals surface area contributed by atoms with Crippen LogP contribution in [0.4, 0.5) is 5.95 Å². The summed E-state index contributed by atoms with van der Waals surface area (Å²) >= 11 is 7.63. The molecule has 0 spiro atoms. The third-order valence-corrected chi connectivity index (χ3v) is 3.12. The average molecular weight is 214 g/mol. The molecule has 0 bridgehead atoms. The zero-order chi connectivity index (χ0) is 9.42. The predicted molar refractivity (Wildman–Crippen MR) is 55.9 cm³/mol. The Morgan fingerprint density at radius 3 is 2.85 bits per heavy atom. The van der Waals surface area contributed by atoms with Crippen LogP contribution in [0.5, 0.6) is 0 Å². The van der Waals surface area contributed by atoms with Crippen LogP contribution in [-0.4, -0.2) is 9.55 Å². The van der Waals surface area contributed by atoms with E-state index >= 15 is 0 Å². The van der Waals surface area contributed by atoms with E-state index in [-0.39, 0.29) is 0 Å². The molecule has 2 aromatic rings. The van der Waals surface area contributed by atoms with Crippen LogP contribution in [0.3, 0.4) is 0 Å². The van der Waals surface area contributed by atoms with Crippen LogP contribution < -0.4 is 5.73 Å². The number of nitrogen functional groups attached to an aromatic ring is 1. The van der Waals surface area contributed by atoms with Crippen LogP contribution in [-0.2, 0) is 7.05 Å². The monoisotopic (exact) mass is 213 g/mol. The molecule has 2 rings (SSSR count). The van der Waals surface area contributed by atoms with Crippen molar-refractivity contribution in [1.29, 1.82) is 0 Å². The van der Waals surface area contributed by atoms with Gasteiger partial charge in [-0.3, -0.25) is 0 Å². The second-order valence-electron chi connectivity index (χ2n) is 2.65. The quantitative estimate of drug-likeness (QED) is 0.791. The molecule has 0 aliphatic rings. The van der Waals surface area contributed by atoms with Crippen LogP contribution in [0.25, 0.3) is 10.6 Å². The van der Waals surface area contributed by atoms with E-state index in [1.54, 1.807) is 23.0 Å². The van der Waals surface area contributed by atoms with Crippen molar-refractivity contribution in [2.45, 2.75) is 0 Å². The van der Waals surface area contributed by atoms with Gasteiger partial charge < -0.3 is 10.3 Å². The first-order chi connectivity index (χ1) is 6.20. The van der Waals surface area contributed by atoms with Gasteiger partial charge in [-0.15, -0.1) is 11.3 Å². The van der Waals surface area contributed by atoms with Gasteiger partial charge in [-0.1, -0.05) is 17.7 Å². The summed E-state index contributed by atoms with van der Waals surface area (Å²) in [7, 11) is 1.79. The number of nitrogens with zero attached hydrogens (tertiary/aromatic N) is 2. The Morgan fingerprint density at radius 1 is 1.62 bits per heavy atom. The van der Waals surface area contributed by atoms with Gasteiger partial charge in [0.15, 0.2) is 0 Å². The zero-order valence-electron chi connectivity index (χ0n) is 6.99. The molecular formula is C8H8ClN3S. The van der Waals surface area contributed by atoms with E-state index in [0.717, 1.165) is 10.6 Å². The smallest absolute Gasteiger partial charge is 0.201 e. The van der Waals surface area contributed by atoms with Gasteiger partial charge in [-0.05, 0) is 11.4 Å². The zero-order valence-corrected chi connectivity index (χ0v) is 8.56. The lowest BCUT2D eigenvalue weighted by molar-refractivity contribution is 0.931. The Bertz CT molecular complexity index is 419. The summed E-state index contributed by atoms with van der Waals surface area (Å²) in [5.74, 6) is 0.438. The van der Waals surface area contributed by atoms with Gasteiger partial charge in [0.05, 0.1) is 4.88 Å². The maximum Gasteiger partial charge on any atom is 0.201 e. The lowest BCUT2D eigenvalue weighted by Crippen LogP contribution is -1.96. The van der Waals surface area contributed by atoms with E-state index < -0.39 is 0 Å². The van der Waals surface area contributed by atoms with Gasteiger partial charge in [0.2, 0.25) is 5.95 Å². The van der Waals surface area contributed by atoms with Gasteiger partial charge >= 0.3 is 0 Å². The Kier molecular flexibility index (Phi) is 2.01. The van der Waals surface area contributed by atoms with E-state index in [0.29, 0.717) is 11.1 Å². The van der Waals surface area contributed by atoms with Crippen molar-refractivity contribution in [2.75, 3.05) is 5.73 Å². The van der Waals surface area contributed by atoms with Crippen LogP contribution >= 0.6 is 22.9 Å². The van der Waals surface area contributed by atoms with Crippen molar-refractivity contribution >= 4 is 28.9 Å². The third-order valence-electron chi connectivity index (χ3n) is 1.81. The highest BCUT2D eigenvalue weighted by atomic mass is 35.5. The first kappa shape index (κ1) is 8.59. The highest BCUT2D eigenvalue weighted by molar-refractivity contribution is 7.13. The van der Waals surface area contributed by atoms with Crippen LogP contribution in [0.2, 0.25) is 5.15 Å². The molecule has 0 atom stereocenters. The SMILES string of the molecule is Cn1c(N)nc(-c2cccs2)c1Cl. The second kappa shape index (κ2) is 3.05. The maximum atomic E-state index is 6.03. The lowest BCUT2D eigenvalue weighted by Gasteiger charge is -1.94. The molecule has 13 heavy (non-hydrogen) atoms. The lowest BCUT2D eigenvalue weighted by atomic mass is 10.4. The van der Waals surface area contributed by atoms with E-state index in [1.165, 1.54) is 0 Å². The fourth-order valence-corrected chi connectivity index (χ4v) is 2.07. The standard InChI is InChI=1S/C8H8ClN3S/c1-12-7(9)6(11-8(12)10)5-3-2-4-13-5/h2-4H,1H3,(H2,10,11). The van der Waals surface area contributed by atoms with E-state index in [1.807, 2.05) is 17.5 Å². The normalized spacial score (nSPS) is 10.6. The molecule has 2 N–H and O–H groups in total. The number of imidazole rings is 1.